The van der Waals surface area contributed by atoms with Crippen molar-refractivity contribution in [2.45, 2.75) is 26.2 Å². The van der Waals surface area contributed by atoms with Crippen molar-refractivity contribution in [1.29, 1.82) is 0 Å². The Labute approximate surface area is 151 Å². The second kappa shape index (κ2) is 8.43. The Morgan fingerprint density at radius 1 is 1.04 bits per heavy atom. The average Bonchev–Trinajstić information content (AvgIpc) is 2.64. The summed E-state index contributed by atoms with van der Waals surface area (Å²) in [6, 6.07) is 14.2. The second-order valence-corrected chi connectivity index (χ2v) is 5.98. The van der Waals surface area contributed by atoms with E-state index in [2.05, 4.69) is 0 Å². The van der Waals surface area contributed by atoms with E-state index in [4.69, 9.17) is 13.9 Å². The van der Waals surface area contributed by atoms with Gasteiger partial charge in [0.1, 0.15) is 22.8 Å². The van der Waals surface area contributed by atoms with Crippen LogP contribution in [0.5, 0.6) is 17.2 Å². The SMILES string of the molecule is CCCc1c(OCCCOc2ccccc2)ccc2c(O)cc(=O)oc12. The Morgan fingerprint density at radius 3 is 2.58 bits per heavy atom. The van der Waals surface area contributed by atoms with Gasteiger partial charge in [0, 0.05) is 12.0 Å². The van der Waals surface area contributed by atoms with Gasteiger partial charge in [-0.3, -0.25) is 0 Å². The van der Waals surface area contributed by atoms with Crippen LogP contribution in [-0.4, -0.2) is 18.3 Å². The summed E-state index contributed by atoms with van der Waals surface area (Å²) >= 11 is 0. The van der Waals surface area contributed by atoms with E-state index in [1.807, 2.05) is 43.3 Å². The molecule has 3 aromatic rings. The lowest BCUT2D eigenvalue weighted by Crippen LogP contribution is -2.07. The van der Waals surface area contributed by atoms with Crippen LogP contribution in [0.15, 0.2) is 57.7 Å². The minimum Gasteiger partial charge on any atom is -0.507 e. The zero-order valence-corrected chi connectivity index (χ0v) is 14.7. The van der Waals surface area contributed by atoms with Crippen LogP contribution in [0.25, 0.3) is 11.0 Å². The Kier molecular flexibility index (Phi) is 5.79. The predicted molar refractivity (Wildman–Crippen MR) is 100 cm³/mol. The van der Waals surface area contributed by atoms with Gasteiger partial charge in [0.2, 0.25) is 0 Å². The smallest absolute Gasteiger partial charge is 0.339 e. The summed E-state index contributed by atoms with van der Waals surface area (Å²) in [6.07, 6.45) is 2.29. The molecule has 0 unspecified atom stereocenters. The van der Waals surface area contributed by atoms with E-state index >= 15 is 0 Å². The molecule has 1 N–H and O–H groups in total. The fraction of sp³-hybridized carbons (Fsp3) is 0.286. The molecule has 1 aromatic heterocycles. The minimum atomic E-state index is -0.569. The van der Waals surface area contributed by atoms with Gasteiger partial charge in [-0.25, -0.2) is 4.79 Å². The fourth-order valence-electron chi connectivity index (χ4n) is 2.82. The first kappa shape index (κ1) is 17.9. The summed E-state index contributed by atoms with van der Waals surface area (Å²) in [5.74, 6) is 1.44. The average molecular weight is 354 g/mol. The molecule has 0 bridgehead atoms. The maximum atomic E-state index is 11.6. The number of benzene rings is 2. The van der Waals surface area contributed by atoms with Crippen molar-refractivity contribution in [2.75, 3.05) is 13.2 Å². The maximum absolute atomic E-state index is 11.6. The first-order chi connectivity index (χ1) is 12.7. The van der Waals surface area contributed by atoms with Crippen molar-refractivity contribution in [1.82, 2.24) is 0 Å². The third kappa shape index (κ3) is 4.17. The van der Waals surface area contributed by atoms with Crippen LogP contribution in [0.2, 0.25) is 0 Å². The molecule has 0 atom stereocenters. The van der Waals surface area contributed by atoms with E-state index in [9.17, 15) is 9.90 Å². The number of para-hydroxylation sites is 1. The lowest BCUT2D eigenvalue weighted by molar-refractivity contribution is 0.246. The lowest BCUT2D eigenvalue weighted by atomic mass is 10.0. The van der Waals surface area contributed by atoms with Gasteiger partial charge in [0.25, 0.3) is 0 Å². The molecule has 0 fully saturated rings. The van der Waals surface area contributed by atoms with Gasteiger partial charge in [-0.1, -0.05) is 31.5 Å². The molecular weight excluding hydrogens is 332 g/mol. The molecule has 0 radical (unpaired) electrons. The predicted octanol–water partition coefficient (Wildman–Crippen LogP) is 4.30. The summed E-state index contributed by atoms with van der Waals surface area (Å²) in [5, 5.41) is 10.5. The molecule has 1 heterocycles. The highest BCUT2D eigenvalue weighted by molar-refractivity contribution is 5.87. The van der Waals surface area contributed by atoms with Gasteiger partial charge < -0.3 is 19.0 Å². The zero-order chi connectivity index (χ0) is 18.4. The summed E-state index contributed by atoms with van der Waals surface area (Å²) in [7, 11) is 0. The summed E-state index contributed by atoms with van der Waals surface area (Å²) in [4.78, 5) is 11.6. The Morgan fingerprint density at radius 2 is 1.81 bits per heavy atom. The number of rotatable bonds is 8. The number of ether oxygens (including phenoxy) is 2. The summed E-state index contributed by atoms with van der Waals surface area (Å²) < 4.78 is 16.9. The molecule has 26 heavy (non-hydrogen) atoms. The quantitative estimate of drug-likeness (QED) is 0.482. The monoisotopic (exact) mass is 354 g/mol. The number of fused-ring (bicyclic) bond motifs is 1. The first-order valence-electron chi connectivity index (χ1n) is 8.78. The van der Waals surface area contributed by atoms with Crippen LogP contribution < -0.4 is 15.1 Å². The Balaban J connectivity index is 1.69. The molecule has 0 saturated carbocycles. The molecule has 0 saturated heterocycles. The second-order valence-electron chi connectivity index (χ2n) is 5.98. The molecule has 0 aliphatic rings. The molecule has 0 amide bonds. The van der Waals surface area contributed by atoms with Gasteiger partial charge in [-0.2, -0.15) is 0 Å². The van der Waals surface area contributed by atoms with E-state index in [1.165, 1.54) is 0 Å². The van der Waals surface area contributed by atoms with Crippen molar-refractivity contribution in [2.24, 2.45) is 0 Å². The molecule has 136 valence electrons. The molecule has 2 aromatic carbocycles. The van der Waals surface area contributed by atoms with Gasteiger partial charge in [-0.15, -0.1) is 0 Å². The third-order valence-corrected chi connectivity index (χ3v) is 4.01. The minimum absolute atomic E-state index is 0.0728. The highest BCUT2D eigenvalue weighted by Crippen LogP contribution is 2.32. The molecule has 5 nitrogen and oxygen atoms in total. The number of aryl methyl sites for hydroxylation is 1. The van der Waals surface area contributed by atoms with Crippen LogP contribution in [0, 0.1) is 0 Å². The summed E-state index contributed by atoms with van der Waals surface area (Å²) in [6.45, 7) is 3.08. The van der Waals surface area contributed by atoms with Crippen molar-refractivity contribution in [3.63, 3.8) is 0 Å². The molecular formula is C21H22O5. The largest absolute Gasteiger partial charge is 0.507 e. The van der Waals surface area contributed by atoms with Crippen LogP contribution in [0.4, 0.5) is 0 Å². The van der Waals surface area contributed by atoms with Gasteiger partial charge >= 0.3 is 5.63 Å². The molecule has 0 aliphatic heterocycles. The normalized spacial score (nSPS) is 10.8. The first-order valence-corrected chi connectivity index (χ1v) is 8.78. The fourth-order valence-corrected chi connectivity index (χ4v) is 2.82. The topological polar surface area (TPSA) is 68.9 Å². The van der Waals surface area contributed by atoms with E-state index in [-0.39, 0.29) is 5.75 Å². The van der Waals surface area contributed by atoms with E-state index < -0.39 is 5.63 Å². The third-order valence-electron chi connectivity index (χ3n) is 4.01. The van der Waals surface area contributed by atoms with Crippen molar-refractivity contribution in [3.05, 3.63) is 64.5 Å². The van der Waals surface area contributed by atoms with E-state index in [0.717, 1.165) is 30.2 Å². The summed E-state index contributed by atoms with van der Waals surface area (Å²) in [5.41, 5.74) is 0.637. The van der Waals surface area contributed by atoms with Gasteiger partial charge in [0.15, 0.2) is 0 Å². The van der Waals surface area contributed by atoms with Crippen LogP contribution in [0.3, 0.4) is 0 Å². The Bertz CT molecular complexity index is 915. The number of hydrogen-bond donors (Lipinski definition) is 1. The number of hydrogen-bond acceptors (Lipinski definition) is 5. The lowest BCUT2D eigenvalue weighted by Gasteiger charge is -2.13. The molecule has 5 heteroatoms. The standard InChI is InChI=1S/C21H22O5/c1-2-7-17-19(11-10-16-18(22)14-20(23)26-21(16)17)25-13-6-12-24-15-8-4-3-5-9-15/h3-5,8-11,14,22H,2,6-7,12-13H2,1H3. The highest BCUT2D eigenvalue weighted by atomic mass is 16.5. The van der Waals surface area contributed by atoms with Crippen LogP contribution >= 0.6 is 0 Å². The number of aromatic hydroxyl groups is 1. The highest BCUT2D eigenvalue weighted by Gasteiger charge is 2.14. The van der Waals surface area contributed by atoms with Gasteiger partial charge in [0.05, 0.1) is 24.7 Å². The van der Waals surface area contributed by atoms with E-state index in [0.29, 0.717) is 36.4 Å². The molecule has 0 spiro atoms. The van der Waals surface area contributed by atoms with Crippen molar-refractivity contribution in [3.8, 4) is 17.2 Å². The Hall–Kier alpha value is -2.95. The van der Waals surface area contributed by atoms with E-state index in [1.54, 1.807) is 6.07 Å². The van der Waals surface area contributed by atoms with Crippen LogP contribution in [-0.2, 0) is 6.42 Å². The molecule has 3 rings (SSSR count). The molecule has 0 aliphatic carbocycles. The van der Waals surface area contributed by atoms with Crippen LogP contribution in [0.1, 0.15) is 25.3 Å². The van der Waals surface area contributed by atoms with Crippen molar-refractivity contribution >= 4 is 11.0 Å². The maximum Gasteiger partial charge on any atom is 0.339 e. The van der Waals surface area contributed by atoms with Gasteiger partial charge in [-0.05, 0) is 30.7 Å². The van der Waals surface area contributed by atoms with Crippen molar-refractivity contribution < 1.29 is 19.0 Å². The zero-order valence-electron chi connectivity index (χ0n) is 14.7.